The van der Waals surface area contributed by atoms with Crippen molar-refractivity contribution in [3.63, 3.8) is 0 Å². The highest BCUT2D eigenvalue weighted by molar-refractivity contribution is 7.89. The van der Waals surface area contributed by atoms with Gasteiger partial charge in [-0.1, -0.05) is 76.8 Å². The zero-order valence-electron chi connectivity index (χ0n) is 16.7. The molecule has 0 heterocycles. The maximum atomic E-state index is 12.4. The lowest BCUT2D eigenvalue weighted by atomic mass is 10.0. The molecule has 158 valence electrons. The van der Waals surface area contributed by atoms with E-state index in [1.54, 1.807) is 30.3 Å². The van der Waals surface area contributed by atoms with Crippen LogP contribution in [-0.2, 0) is 19.1 Å². The first-order valence-electron chi connectivity index (χ1n) is 9.43. The summed E-state index contributed by atoms with van der Waals surface area (Å²) in [6.45, 7) is 7.52. The van der Waals surface area contributed by atoms with Gasteiger partial charge in [-0.25, -0.2) is 17.7 Å². The first-order chi connectivity index (χ1) is 12.6. The number of benzene rings is 1. The Hall–Kier alpha value is -0.760. The van der Waals surface area contributed by atoms with Gasteiger partial charge in [-0.15, -0.1) is 0 Å². The molecule has 0 aromatic heterocycles. The van der Waals surface area contributed by atoms with Crippen LogP contribution in [0.4, 0.5) is 0 Å². The lowest BCUT2D eigenvalue weighted by Crippen LogP contribution is -2.37. The van der Waals surface area contributed by atoms with E-state index in [9.17, 15) is 13.0 Å². The lowest BCUT2D eigenvalue weighted by Gasteiger charge is -2.25. The van der Waals surface area contributed by atoms with Gasteiger partial charge in [-0.05, 0) is 18.9 Å². The molecular weight excluding hydrogens is 389 g/mol. The molecule has 0 saturated carbocycles. The summed E-state index contributed by atoms with van der Waals surface area (Å²) < 4.78 is 43.0. The smallest absolute Gasteiger partial charge is 0.303 e. The number of phosphoric ester groups is 1. The number of rotatable bonds is 12. The van der Waals surface area contributed by atoms with Gasteiger partial charge in [0.25, 0.3) is 0 Å². The Bertz CT molecular complexity index is 647. The summed E-state index contributed by atoms with van der Waals surface area (Å²) in [4.78, 5) is 18.0. The Labute approximate surface area is 163 Å². The molecule has 0 spiro atoms. The number of hydrogen-bond acceptors (Lipinski definition) is 4. The fraction of sp³-hybridized carbons (Fsp3) is 0.667. The monoisotopic (exact) mass is 423 g/mol. The third-order valence-electron chi connectivity index (χ3n) is 3.75. The maximum absolute atomic E-state index is 12.4. The first-order valence-corrected chi connectivity index (χ1v) is 12.6. The third-order valence-corrected chi connectivity index (χ3v) is 5.80. The molecule has 0 bridgehead atoms. The van der Waals surface area contributed by atoms with E-state index in [1.807, 2.05) is 13.8 Å². The van der Waals surface area contributed by atoms with Crippen LogP contribution in [0.1, 0.15) is 71.4 Å². The molecule has 1 aromatic rings. The van der Waals surface area contributed by atoms with Gasteiger partial charge >= 0.3 is 7.82 Å². The minimum atomic E-state index is -4.73. The normalized spacial score (nSPS) is 14.1. The topological polar surface area (TPSA) is 113 Å². The van der Waals surface area contributed by atoms with Crippen molar-refractivity contribution in [1.82, 2.24) is 4.72 Å². The Morgan fingerprint density at radius 3 is 2.15 bits per heavy atom. The summed E-state index contributed by atoms with van der Waals surface area (Å²) in [5, 5.41) is 0. The van der Waals surface area contributed by atoms with Gasteiger partial charge in [-0.3, -0.25) is 4.52 Å². The van der Waals surface area contributed by atoms with E-state index < -0.39 is 30.0 Å². The zero-order chi connectivity index (χ0) is 20.9. The molecule has 1 aromatic carbocycles. The third kappa shape index (κ3) is 12.3. The van der Waals surface area contributed by atoms with Gasteiger partial charge in [-0.2, -0.15) is 0 Å². The fourth-order valence-corrected chi connectivity index (χ4v) is 4.49. The number of unbranched alkanes of at least 4 members (excludes halogenated alkanes) is 4. The summed E-state index contributed by atoms with van der Waals surface area (Å²) in [7, 11) is -8.33. The second-order valence-corrected chi connectivity index (χ2v) is 9.11. The van der Waals surface area contributed by atoms with Crippen LogP contribution in [0, 0.1) is 0 Å². The van der Waals surface area contributed by atoms with E-state index >= 15 is 0 Å². The van der Waals surface area contributed by atoms with Crippen LogP contribution in [-0.4, -0.2) is 30.1 Å². The van der Waals surface area contributed by atoms with E-state index in [4.69, 9.17) is 14.3 Å². The van der Waals surface area contributed by atoms with Gasteiger partial charge < -0.3 is 9.79 Å². The van der Waals surface area contributed by atoms with Crippen molar-refractivity contribution in [1.29, 1.82) is 0 Å². The van der Waals surface area contributed by atoms with Crippen LogP contribution in [0.3, 0.4) is 0 Å². The van der Waals surface area contributed by atoms with E-state index in [-0.39, 0.29) is 5.75 Å². The molecule has 0 amide bonds. The largest absolute Gasteiger partial charge is 0.469 e. The van der Waals surface area contributed by atoms with Gasteiger partial charge in [0.15, 0.2) is 0 Å². The fourth-order valence-electron chi connectivity index (χ4n) is 2.52. The lowest BCUT2D eigenvalue weighted by molar-refractivity contribution is 0.121. The standard InChI is InChI=1S/C16H28NO6PS.C2H6/c1-3-4-5-6-10-13-25(21,22)17-16(14(2)23-24(18,19)20)15-11-8-7-9-12-15;1-2/h7-9,11-12,14,16-17H,3-6,10,13H2,1-2H3,(H2,18,19,20);1-2H3. The summed E-state index contributed by atoms with van der Waals surface area (Å²) in [5.74, 6) is -0.0251. The Morgan fingerprint density at radius 2 is 1.63 bits per heavy atom. The Morgan fingerprint density at radius 1 is 1.07 bits per heavy atom. The van der Waals surface area contributed by atoms with Gasteiger partial charge in [0.2, 0.25) is 10.0 Å². The van der Waals surface area contributed by atoms with E-state index in [1.165, 1.54) is 6.92 Å². The summed E-state index contributed by atoms with van der Waals surface area (Å²) >= 11 is 0. The number of hydrogen-bond donors (Lipinski definition) is 3. The predicted octanol–water partition coefficient (Wildman–Crippen LogP) is 4.14. The molecule has 1 rings (SSSR count). The highest BCUT2D eigenvalue weighted by atomic mass is 32.2. The molecule has 9 heteroatoms. The van der Waals surface area contributed by atoms with Crippen molar-refractivity contribution >= 4 is 17.8 Å². The van der Waals surface area contributed by atoms with Crippen LogP contribution in [0.5, 0.6) is 0 Å². The van der Waals surface area contributed by atoms with Crippen molar-refractivity contribution in [3.8, 4) is 0 Å². The zero-order valence-corrected chi connectivity index (χ0v) is 18.4. The predicted molar refractivity (Wildman–Crippen MR) is 109 cm³/mol. The molecule has 27 heavy (non-hydrogen) atoms. The van der Waals surface area contributed by atoms with Crippen molar-refractivity contribution in [2.75, 3.05) is 5.75 Å². The minimum Gasteiger partial charge on any atom is -0.303 e. The van der Waals surface area contributed by atoms with E-state index in [0.29, 0.717) is 12.0 Å². The van der Waals surface area contributed by atoms with Crippen molar-refractivity contribution in [3.05, 3.63) is 35.9 Å². The highest BCUT2D eigenvalue weighted by Crippen LogP contribution is 2.40. The molecule has 0 aliphatic heterocycles. The molecule has 0 aliphatic rings. The average molecular weight is 424 g/mol. The Kier molecular flexibility index (Phi) is 13.0. The summed E-state index contributed by atoms with van der Waals surface area (Å²) in [6, 6.07) is 7.73. The number of nitrogens with one attached hydrogen (secondary N) is 1. The van der Waals surface area contributed by atoms with E-state index in [2.05, 4.69) is 11.6 Å². The SMILES string of the molecule is CC.CCCCCCCS(=O)(=O)NC(c1ccccc1)C(C)OP(=O)(O)O. The van der Waals surface area contributed by atoms with Crippen LogP contribution in [0.15, 0.2) is 30.3 Å². The summed E-state index contributed by atoms with van der Waals surface area (Å²) in [6.07, 6.45) is 3.50. The van der Waals surface area contributed by atoms with Crippen LogP contribution < -0.4 is 4.72 Å². The van der Waals surface area contributed by atoms with Crippen molar-refractivity contribution in [2.45, 2.75) is 71.9 Å². The average Bonchev–Trinajstić information content (AvgIpc) is 2.60. The molecule has 0 aliphatic carbocycles. The molecule has 0 saturated heterocycles. The molecule has 0 fully saturated rings. The number of sulfonamides is 1. The van der Waals surface area contributed by atoms with Crippen LogP contribution in [0.25, 0.3) is 0 Å². The molecule has 2 unspecified atom stereocenters. The minimum absolute atomic E-state index is 0.0251. The van der Waals surface area contributed by atoms with Gasteiger partial charge in [0, 0.05) is 0 Å². The number of phosphoric acid groups is 1. The van der Waals surface area contributed by atoms with Gasteiger partial charge in [0.1, 0.15) is 0 Å². The molecule has 7 nitrogen and oxygen atoms in total. The van der Waals surface area contributed by atoms with Gasteiger partial charge in [0.05, 0.1) is 17.9 Å². The Balaban J connectivity index is 0.00000326. The molecule has 3 N–H and O–H groups in total. The van der Waals surface area contributed by atoms with Crippen molar-refractivity contribution in [2.24, 2.45) is 0 Å². The quantitative estimate of drug-likeness (QED) is 0.344. The molecule has 0 radical (unpaired) electrons. The maximum Gasteiger partial charge on any atom is 0.469 e. The van der Waals surface area contributed by atoms with Crippen LogP contribution in [0.2, 0.25) is 0 Å². The first kappa shape index (κ1) is 26.2. The summed E-state index contributed by atoms with van der Waals surface area (Å²) in [5.41, 5.74) is 0.581. The highest BCUT2D eigenvalue weighted by Gasteiger charge is 2.30. The molecular formula is C18H34NO6PS. The second kappa shape index (κ2) is 13.4. The van der Waals surface area contributed by atoms with E-state index in [0.717, 1.165) is 25.7 Å². The molecule has 2 atom stereocenters. The van der Waals surface area contributed by atoms with Crippen LogP contribution >= 0.6 is 7.82 Å². The second-order valence-electron chi connectivity index (χ2n) is 6.04. The van der Waals surface area contributed by atoms with Crippen molar-refractivity contribution < 1.29 is 27.3 Å².